The minimum atomic E-state index is 0.0268. The van der Waals surface area contributed by atoms with E-state index < -0.39 is 0 Å². The van der Waals surface area contributed by atoms with Crippen molar-refractivity contribution in [2.75, 3.05) is 6.61 Å². The van der Waals surface area contributed by atoms with E-state index in [-0.39, 0.29) is 11.0 Å². The third-order valence-electron chi connectivity index (χ3n) is 4.34. The molecule has 0 saturated heterocycles. The summed E-state index contributed by atoms with van der Waals surface area (Å²) in [7, 11) is 0. The first-order valence-corrected chi connectivity index (χ1v) is 10.3. The predicted molar refractivity (Wildman–Crippen MR) is 118 cm³/mol. The van der Waals surface area contributed by atoms with E-state index in [1.807, 2.05) is 49.4 Å². The van der Waals surface area contributed by atoms with Crippen LogP contribution in [0, 0.1) is 5.41 Å². The molecule has 0 saturated carbocycles. The average Bonchev–Trinajstić information content (AvgIpc) is 2.58. The van der Waals surface area contributed by atoms with Gasteiger partial charge in [0.25, 0.3) is 0 Å². The SMILES string of the molecule is CCOc1cc(CNC(C)(C)CC(C)(C)C)cc(Cl)c1OCc1ccccc1. The Morgan fingerprint density at radius 3 is 2.21 bits per heavy atom. The van der Waals surface area contributed by atoms with Crippen molar-refractivity contribution in [2.45, 2.75) is 66.7 Å². The summed E-state index contributed by atoms with van der Waals surface area (Å²) in [5.41, 5.74) is 2.47. The van der Waals surface area contributed by atoms with Crippen LogP contribution in [0.2, 0.25) is 5.02 Å². The Morgan fingerprint density at radius 2 is 1.61 bits per heavy atom. The van der Waals surface area contributed by atoms with E-state index in [9.17, 15) is 0 Å². The molecule has 2 aromatic carbocycles. The van der Waals surface area contributed by atoms with Gasteiger partial charge in [-0.2, -0.15) is 0 Å². The summed E-state index contributed by atoms with van der Waals surface area (Å²) in [5, 5.41) is 4.23. The van der Waals surface area contributed by atoms with E-state index in [0.29, 0.717) is 29.7 Å². The molecule has 0 aliphatic rings. The van der Waals surface area contributed by atoms with E-state index >= 15 is 0 Å². The highest BCUT2D eigenvalue weighted by atomic mass is 35.5. The Kier molecular flexibility index (Phi) is 7.79. The van der Waals surface area contributed by atoms with Gasteiger partial charge in [-0.25, -0.2) is 0 Å². The van der Waals surface area contributed by atoms with Crippen molar-refractivity contribution in [1.29, 1.82) is 0 Å². The molecule has 0 aromatic heterocycles. The highest BCUT2D eigenvalue weighted by Gasteiger charge is 2.25. The van der Waals surface area contributed by atoms with E-state index in [2.05, 4.69) is 39.9 Å². The Morgan fingerprint density at radius 1 is 0.929 bits per heavy atom. The molecule has 0 unspecified atom stereocenters. The van der Waals surface area contributed by atoms with Gasteiger partial charge in [0.1, 0.15) is 6.61 Å². The molecule has 3 nitrogen and oxygen atoms in total. The maximum absolute atomic E-state index is 6.56. The summed E-state index contributed by atoms with van der Waals surface area (Å²) in [6.45, 7) is 15.0. The molecule has 0 radical (unpaired) electrons. The summed E-state index contributed by atoms with van der Waals surface area (Å²) >= 11 is 6.56. The van der Waals surface area contributed by atoms with Crippen LogP contribution in [0.5, 0.6) is 11.5 Å². The first kappa shape index (κ1) is 22.6. The van der Waals surface area contributed by atoms with E-state index in [1.165, 1.54) is 0 Å². The van der Waals surface area contributed by atoms with Crippen molar-refractivity contribution >= 4 is 11.6 Å². The highest BCUT2D eigenvalue weighted by molar-refractivity contribution is 6.32. The van der Waals surface area contributed by atoms with Crippen LogP contribution < -0.4 is 14.8 Å². The number of rotatable bonds is 9. The Hall–Kier alpha value is -1.71. The molecule has 1 N–H and O–H groups in total. The van der Waals surface area contributed by atoms with Gasteiger partial charge in [0.2, 0.25) is 0 Å². The number of nitrogens with one attached hydrogen (secondary N) is 1. The molecule has 0 aliphatic carbocycles. The molecular formula is C24H34ClNO2. The fourth-order valence-electron chi connectivity index (χ4n) is 3.59. The van der Waals surface area contributed by atoms with E-state index in [1.54, 1.807) is 0 Å². The maximum Gasteiger partial charge on any atom is 0.180 e. The molecule has 4 heteroatoms. The van der Waals surface area contributed by atoms with Gasteiger partial charge in [-0.15, -0.1) is 0 Å². The van der Waals surface area contributed by atoms with Gasteiger partial charge in [0.05, 0.1) is 11.6 Å². The molecule has 0 atom stereocenters. The molecule has 0 bridgehead atoms. The van der Waals surface area contributed by atoms with E-state index in [4.69, 9.17) is 21.1 Å². The molecular weight excluding hydrogens is 370 g/mol. The Balaban J connectivity index is 2.12. The Labute approximate surface area is 175 Å². The molecule has 154 valence electrons. The smallest absolute Gasteiger partial charge is 0.180 e. The first-order chi connectivity index (χ1) is 13.1. The monoisotopic (exact) mass is 403 g/mol. The number of ether oxygens (including phenoxy) is 2. The van der Waals surface area contributed by atoms with Crippen LogP contribution in [0.4, 0.5) is 0 Å². The lowest BCUT2D eigenvalue weighted by atomic mass is 9.82. The molecule has 28 heavy (non-hydrogen) atoms. The van der Waals surface area contributed by atoms with Gasteiger partial charge in [0.15, 0.2) is 11.5 Å². The lowest BCUT2D eigenvalue weighted by Crippen LogP contribution is -2.41. The van der Waals surface area contributed by atoms with Crippen molar-refractivity contribution in [1.82, 2.24) is 5.32 Å². The number of halogens is 1. The largest absolute Gasteiger partial charge is 0.490 e. The third-order valence-corrected chi connectivity index (χ3v) is 4.62. The summed E-state index contributed by atoms with van der Waals surface area (Å²) in [4.78, 5) is 0. The average molecular weight is 404 g/mol. The lowest BCUT2D eigenvalue weighted by Gasteiger charge is -2.33. The number of hydrogen-bond donors (Lipinski definition) is 1. The fourth-order valence-corrected chi connectivity index (χ4v) is 3.87. The van der Waals surface area contributed by atoms with Crippen LogP contribution in [0.3, 0.4) is 0 Å². The van der Waals surface area contributed by atoms with Crippen LogP contribution >= 0.6 is 11.6 Å². The second-order valence-corrected chi connectivity index (χ2v) is 9.49. The van der Waals surface area contributed by atoms with Crippen LogP contribution in [-0.2, 0) is 13.2 Å². The fraction of sp³-hybridized carbons (Fsp3) is 0.500. The Bertz CT molecular complexity index is 751. The predicted octanol–water partition coefficient (Wildman–Crippen LogP) is 6.62. The van der Waals surface area contributed by atoms with Gasteiger partial charge < -0.3 is 14.8 Å². The molecule has 0 fully saturated rings. The van der Waals surface area contributed by atoms with Gasteiger partial charge in [0, 0.05) is 12.1 Å². The zero-order valence-electron chi connectivity index (χ0n) is 18.1. The summed E-state index contributed by atoms with van der Waals surface area (Å²) in [6, 6.07) is 14.0. The van der Waals surface area contributed by atoms with Gasteiger partial charge >= 0.3 is 0 Å². The van der Waals surface area contributed by atoms with Crippen LogP contribution in [0.25, 0.3) is 0 Å². The van der Waals surface area contributed by atoms with Crippen LogP contribution in [-0.4, -0.2) is 12.1 Å². The van der Waals surface area contributed by atoms with Crippen molar-refractivity contribution in [3.8, 4) is 11.5 Å². The minimum absolute atomic E-state index is 0.0268. The molecule has 2 rings (SSSR count). The number of benzene rings is 2. The summed E-state index contributed by atoms with van der Waals surface area (Å²) in [6.07, 6.45) is 1.07. The van der Waals surface area contributed by atoms with Gasteiger partial charge in [-0.1, -0.05) is 62.7 Å². The molecule has 0 heterocycles. The quantitative estimate of drug-likeness (QED) is 0.510. The summed E-state index contributed by atoms with van der Waals surface area (Å²) in [5.74, 6) is 1.29. The second kappa shape index (κ2) is 9.67. The topological polar surface area (TPSA) is 30.5 Å². The van der Waals surface area contributed by atoms with Gasteiger partial charge in [-0.3, -0.25) is 0 Å². The molecule has 0 amide bonds. The van der Waals surface area contributed by atoms with E-state index in [0.717, 1.165) is 24.1 Å². The van der Waals surface area contributed by atoms with Crippen LogP contribution in [0.1, 0.15) is 59.1 Å². The molecule has 0 aliphatic heterocycles. The third kappa shape index (κ3) is 7.37. The molecule has 0 spiro atoms. The van der Waals surface area contributed by atoms with Crippen molar-refractivity contribution in [3.63, 3.8) is 0 Å². The lowest BCUT2D eigenvalue weighted by molar-refractivity contribution is 0.240. The second-order valence-electron chi connectivity index (χ2n) is 9.09. The highest BCUT2D eigenvalue weighted by Crippen LogP contribution is 2.37. The van der Waals surface area contributed by atoms with Crippen molar-refractivity contribution < 1.29 is 9.47 Å². The van der Waals surface area contributed by atoms with Crippen molar-refractivity contribution in [2.24, 2.45) is 5.41 Å². The normalized spacial score (nSPS) is 12.1. The standard InChI is InChI=1S/C24H34ClNO2/c1-7-27-21-14-19(15-26-24(5,6)17-23(2,3)4)13-20(25)22(21)28-16-18-11-9-8-10-12-18/h8-14,26H,7,15-17H2,1-6H3. The maximum atomic E-state index is 6.56. The van der Waals surface area contributed by atoms with Crippen molar-refractivity contribution in [3.05, 3.63) is 58.6 Å². The van der Waals surface area contributed by atoms with Crippen LogP contribution in [0.15, 0.2) is 42.5 Å². The zero-order chi connectivity index (χ0) is 20.8. The summed E-state index contributed by atoms with van der Waals surface area (Å²) < 4.78 is 11.8. The zero-order valence-corrected chi connectivity index (χ0v) is 18.8. The first-order valence-electron chi connectivity index (χ1n) is 9.96. The molecule has 2 aromatic rings. The minimum Gasteiger partial charge on any atom is -0.490 e. The number of hydrogen-bond acceptors (Lipinski definition) is 3. The van der Waals surface area contributed by atoms with Gasteiger partial charge in [-0.05, 0) is 55.9 Å².